The summed E-state index contributed by atoms with van der Waals surface area (Å²) in [5, 5.41) is 17.8. The molecule has 160 valence electrons. The number of nitrogens with one attached hydrogen (secondary N) is 1. The third-order valence-corrected chi connectivity index (χ3v) is 5.63. The van der Waals surface area contributed by atoms with Crippen molar-refractivity contribution in [1.82, 2.24) is 10.0 Å². The molecule has 11 heteroatoms. The summed E-state index contributed by atoms with van der Waals surface area (Å²) in [5.41, 5.74) is 2.12. The fourth-order valence-electron chi connectivity index (χ4n) is 3.52. The fourth-order valence-corrected chi connectivity index (χ4v) is 3.85. The molecular weight excluding hydrogens is 467 g/mol. The molecule has 2 heterocycles. The lowest BCUT2D eigenvalue weighted by Gasteiger charge is -2.30. The highest BCUT2D eigenvalue weighted by atomic mass is 35.6. The van der Waals surface area contributed by atoms with Crippen LogP contribution in [0.15, 0.2) is 54.7 Å². The number of rotatable bonds is 4. The molecule has 0 amide bonds. The van der Waals surface area contributed by atoms with Crippen LogP contribution in [0, 0.1) is 10.1 Å². The van der Waals surface area contributed by atoms with E-state index in [0.717, 1.165) is 5.56 Å². The summed E-state index contributed by atoms with van der Waals surface area (Å²) in [6.45, 7) is 0.750. The zero-order valence-electron chi connectivity index (χ0n) is 15.8. The second kappa shape index (κ2) is 8.12. The Morgan fingerprint density at radius 1 is 1.10 bits per heavy atom. The Kier molecular flexibility index (Phi) is 5.65. The van der Waals surface area contributed by atoms with Gasteiger partial charge in [0.1, 0.15) is 12.7 Å². The van der Waals surface area contributed by atoms with Gasteiger partial charge in [0.15, 0.2) is 5.78 Å². The molecule has 1 N–H and O–H groups in total. The van der Waals surface area contributed by atoms with Crippen LogP contribution < -0.4 is 5.32 Å². The third kappa shape index (κ3) is 4.24. The lowest BCUT2D eigenvalue weighted by Crippen LogP contribution is -2.44. The Morgan fingerprint density at radius 2 is 1.77 bits per heavy atom. The summed E-state index contributed by atoms with van der Waals surface area (Å²) in [4.78, 5) is 35.7. The van der Waals surface area contributed by atoms with E-state index in [0.29, 0.717) is 24.5 Å². The normalized spacial score (nSPS) is 18.0. The molecule has 31 heavy (non-hydrogen) atoms. The Morgan fingerprint density at radius 3 is 2.42 bits per heavy atom. The van der Waals surface area contributed by atoms with Gasteiger partial charge in [0, 0.05) is 41.7 Å². The van der Waals surface area contributed by atoms with Gasteiger partial charge in [-0.1, -0.05) is 46.9 Å². The maximum absolute atomic E-state index is 13.1. The Balaban J connectivity index is 1.57. The molecule has 2 aliphatic rings. The average molecular weight is 482 g/mol. The molecule has 2 aromatic carbocycles. The number of benzene rings is 2. The SMILES string of the molecule is O=C(c1ccc([N+](=O)[O-])cc1)C1C=CN2CNc3cc(C(=O)C(Cl)(Cl)Cl)ccc3CN12. The molecule has 0 fully saturated rings. The van der Waals surface area contributed by atoms with Crippen LogP contribution in [0.4, 0.5) is 11.4 Å². The van der Waals surface area contributed by atoms with Gasteiger partial charge in [-0.25, -0.2) is 5.01 Å². The molecule has 0 bridgehead atoms. The van der Waals surface area contributed by atoms with Crippen molar-refractivity contribution in [3.05, 3.63) is 81.5 Å². The topological polar surface area (TPSA) is 95.8 Å². The van der Waals surface area contributed by atoms with Gasteiger partial charge < -0.3 is 5.32 Å². The first kappa shape index (κ1) is 21.6. The summed E-state index contributed by atoms with van der Waals surface area (Å²) < 4.78 is -2.05. The lowest BCUT2D eigenvalue weighted by molar-refractivity contribution is -0.384. The molecule has 4 rings (SSSR count). The van der Waals surface area contributed by atoms with Crippen molar-refractivity contribution in [2.45, 2.75) is 16.4 Å². The van der Waals surface area contributed by atoms with Crippen LogP contribution in [0.3, 0.4) is 0 Å². The predicted molar refractivity (Wildman–Crippen MR) is 117 cm³/mol. The molecule has 1 atom stereocenters. The summed E-state index contributed by atoms with van der Waals surface area (Å²) >= 11 is 17.1. The summed E-state index contributed by atoms with van der Waals surface area (Å²) in [6, 6.07) is 9.92. The molecular formula is C20H15Cl3N4O4. The Hall–Kier alpha value is -2.65. The number of nitrogens with zero attached hydrogens (tertiary/aromatic N) is 3. The molecule has 0 aliphatic carbocycles. The number of fused-ring (bicyclic) bond motifs is 2. The van der Waals surface area contributed by atoms with E-state index in [-0.39, 0.29) is 17.0 Å². The smallest absolute Gasteiger partial charge is 0.269 e. The van der Waals surface area contributed by atoms with Crippen LogP contribution in [-0.2, 0) is 6.54 Å². The molecule has 8 nitrogen and oxygen atoms in total. The van der Waals surface area contributed by atoms with Crippen LogP contribution in [0.5, 0.6) is 0 Å². The molecule has 0 aromatic heterocycles. The minimum absolute atomic E-state index is 0.0757. The van der Waals surface area contributed by atoms with Crippen molar-refractivity contribution >= 4 is 57.7 Å². The van der Waals surface area contributed by atoms with Gasteiger partial charge in [-0.05, 0) is 29.8 Å². The minimum atomic E-state index is -2.05. The van der Waals surface area contributed by atoms with Gasteiger partial charge in [0.05, 0.1) is 4.92 Å². The van der Waals surface area contributed by atoms with Crippen LogP contribution in [0.2, 0.25) is 0 Å². The highest BCUT2D eigenvalue weighted by molar-refractivity contribution is 6.77. The summed E-state index contributed by atoms with van der Waals surface area (Å²) in [6.07, 6.45) is 3.57. The number of nitro groups is 1. The molecule has 2 aromatic rings. The second-order valence-electron chi connectivity index (χ2n) is 7.03. The first-order valence-corrected chi connectivity index (χ1v) is 10.3. The number of hydrazine groups is 1. The van der Waals surface area contributed by atoms with Crippen molar-refractivity contribution < 1.29 is 14.5 Å². The highest BCUT2D eigenvalue weighted by Crippen LogP contribution is 2.34. The molecule has 1 unspecified atom stereocenters. The number of hydrogen-bond donors (Lipinski definition) is 1. The van der Waals surface area contributed by atoms with E-state index in [9.17, 15) is 19.7 Å². The molecule has 0 spiro atoms. The third-order valence-electron chi connectivity index (χ3n) is 5.12. The van der Waals surface area contributed by atoms with E-state index in [1.807, 2.05) is 10.0 Å². The minimum Gasteiger partial charge on any atom is -0.366 e. The van der Waals surface area contributed by atoms with E-state index in [2.05, 4.69) is 5.32 Å². The number of anilines is 1. The quantitative estimate of drug-likeness (QED) is 0.300. The molecule has 2 aliphatic heterocycles. The van der Waals surface area contributed by atoms with E-state index >= 15 is 0 Å². The van der Waals surface area contributed by atoms with Gasteiger partial charge >= 0.3 is 0 Å². The van der Waals surface area contributed by atoms with E-state index in [1.165, 1.54) is 24.3 Å². The van der Waals surface area contributed by atoms with Gasteiger partial charge in [-0.2, -0.15) is 0 Å². The average Bonchev–Trinajstić information content (AvgIpc) is 3.04. The maximum Gasteiger partial charge on any atom is 0.269 e. The number of alkyl halides is 3. The van der Waals surface area contributed by atoms with Gasteiger partial charge in [0.2, 0.25) is 5.78 Å². The maximum atomic E-state index is 13.1. The number of nitro benzene ring substituents is 1. The van der Waals surface area contributed by atoms with E-state index in [4.69, 9.17) is 34.8 Å². The van der Waals surface area contributed by atoms with Crippen molar-refractivity contribution in [3.8, 4) is 0 Å². The predicted octanol–water partition coefficient (Wildman–Crippen LogP) is 4.33. The standard InChI is InChI=1S/C20H15Cl3N4O4/c21-20(22,23)19(29)13-1-2-14-10-26-17(7-8-25(26)11-24-16(14)9-13)18(28)12-3-5-15(6-4-12)27(30)31/h1-9,17,24H,10-11H2. The number of halogens is 3. The van der Waals surface area contributed by atoms with Crippen molar-refractivity contribution in [2.75, 3.05) is 12.0 Å². The fraction of sp³-hybridized carbons (Fsp3) is 0.200. The number of carbonyl (C=O) groups excluding carboxylic acids is 2. The van der Waals surface area contributed by atoms with Crippen LogP contribution >= 0.6 is 34.8 Å². The van der Waals surface area contributed by atoms with Crippen LogP contribution in [0.1, 0.15) is 26.3 Å². The monoisotopic (exact) mass is 480 g/mol. The van der Waals surface area contributed by atoms with Gasteiger partial charge in [-0.15, -0.1) is 0 Å². The second-order valence-corrected chi connectivity index (χ2v) is 9.31. The Bertz CT molecular complexity index is 1100. The van der Waals surface area contributed by atoms with Crippen molar-refractivity contribution in [2.24, 2.45) is 0 Å². The summed E-state index contributed by atoms with van der Waals surface area (Å²) in [5.74, 6) is -0.807. The van der Waals surface area contributed by atoms with Crippen molar-refractivity contribution in [1.29, 1.82) is 0 Å². The number of Topliss-reactive ketones (excluding diaryl/α,β-unsaturated/α-hetero) is 2. The molecule has 0 saturated heterocycles. The molecule has 0 saturated carbocycles. The highest BCUT2D eigenvalue weighted by Gasteiger charge is 2.36. The zero-order valence-corrected chi connectivity index (χ0v) is 18.1. The first-order chi connectivity index (χ1) is 14.6. The van der Waals surface area contributed by atoms with Crippen molar-refractivity contribution in [3.63, 3.8) is 0 Å². The first-order valence-electron chi connectivity index (χ1n) is 9.13. The van der Waals surface area contributed by atoms with E-state index in [1.54, 1.807) is 30.5 Å². The largest absolute Gasteiger partial charge is 0.366 e. The number of hydrogen-bond acceptors (Lipinski definition) is 7. The molecule has 0 radical (unpaired) electrons. The lowest BCUT2D eigenvalue weighted by atomic mass is 10.0. The zero-order chi connectivity index (χ0) is 22.3. The van der Waals surface area contributed by atoms with Gasteiger partial charge in [0.25, 0.3) is 9.48 Å². The number of non-ortho nitro benzene ring substituents is 1. The number of carbonyl (C=O) groups is 2. The van der Waals surface area contributed by atoms with Crippen LogP contribution in [-0.4, -0.2) is 43.0 Å². The van der Waals surface area contributed by atoms with Crippen LogP contribution in [0.25, 0.3) is 0 Å². The van der Waals surface area contributed by atoms with Gasteiger partial charge in [-0.3, -0.25) is 24.7 Å². The van der Waals surface area contributed by atoms with E-state index < -0.39 is 20.5 Å². The Labute approximate surface area is 192 Å². The number of ketones is 2. The summed E-state index contributed by atoms with van der Waals surface area (Å²) in [7, 11) is 0.